The molecule has 82 valence electrons. The van der Waals surface area contributed by atoms with Crippen molar-refractivity contribution in [3.63, 3.8) is 0 Å². The first-order chi connectivity index (χ1) is 7.70. The Kier molecular flexibility index (Phi) is 3.43. The molecule has 0 radical (unpaired) electrons. The minimum atomic E-state index is -0.208. The van der Waals surface area contributed by atoms with E-state index in [1.807, 2.05) is 30.3 Å². The van der Waals surface area contributed by atoms with Crippen LogP contribution < -0.4 is 4.74 Å². The highest BCUT2D eigenvalue weighted by atomic mass is 127. The summed E-state index contributed by atoms with van der Waals surface area (Å²) in [6, 6.07) is 12.6. The van der Waals surface area contributed by atoms with Crippen LogP contribution in [0.5, 0.6) is 5.75 Å². The summed E-state index contributed by atoms with van der Waals surface area (Å²) in [5.41, 5.74) is 1.42. The van der Waals surface area contributed by atoms with Gasteiger partial charge in [-0.2, -0.15) is 0 Å². The van der Waals surface area contributed by atoms with Crippen molar-refractivity contribution in [3.05, 3.63) is 51.9 Å². The van der Waals surface area contributed by atoms with Crippen LogP contribution in [-0.2, 0) is 0 Å². The van der Waals surface area contributed by atoms with Gasteiger partial charge >= 0.3 is 0 Å². The second-order valence-corrected chi connectivity index (χ2v) is 4.60. The average molecular weight is 328 g/mol. The first-order valence-corrected chi connectivity index (χ1v) is 5.88. The zero-order chi connectivity index (χ0) is 11.5. The summed E-state index contributed by atoms with van der Waals surface area (Å²) in [5.74, 6) is 0.524. The molecule has 0 spiro atoms. The summed E-state index contributed by atoms with van der Waals surface area (Å²) in [7, 11) is 1.60. The minimum absolute atomic E-state index is 0.208. The van der Waals surface area contributed by atoms with E-state index in [0.29, 0.717) is 5.56 Å². The Morgan fingerprint density at radius 1 is 1.12 bits per heavy atom. The first-order valence-electron chi connectivity index (χ1n) is 4.80. The zero-order valence-corrected chi connectivity index (χ0v) is 10.9. The first kappa shape index (κ1) is 11.4. The Labute approximate surface area is 107 Å². The number of methoxy groups -OCH3 is 1. The van der Waals surface area contributed by atoms with Crippen molar-refractivity contribution in [2.45, 2.75) is 0 Å². The lowest BCUT2D eigenvalue weighted by atomic mass is 10.1. The molecule has 2 rings (SSSR count). The maximum absolute atomic E-state index is 13.7. The van der Waals surface area contributed by atoms with Gasteiger partial charge in [0.1, 0.15) is 11.6 Å². The van der Waals surface area contributed by atoms with Crippen LogP contribution in [0.15, 0.2) is 42.5 Å². The molecule has 0 atom stereocenters. The topological polar surface area (TPSA) is 9.23 Å². The summed E-state index contributed by atoms with van der Waals surface area (Å²) in [5, 5.41) is 0. The summed E-state index contributed by atoms with van der Waals surface area (Å²) >= 11 is 2.09. The van der Waals surface area contributed by atoms with Gasteiger partial charge in [-0.1, -0.05) is 18.2 Å². The Hall–Kier alpha value is -1.10. The molecule has 0 fully saturated rings. The summed E-state index contributed by atoms with van der Waals surface area (Å²) in [6.45, 7) is 0. The van der Waals surface area contributed by atoms with Gasteiger partial charge in [-0.3, -0.25) is 0 Å². The van der Waals surface area contributed by atoms with Gasteiger partial charge in [-0.05, 0) is 52.4 Å². The van der Waals surface area contributed by atoms with E-state index in [0.717, 1.165) is 14.9 Å². The fraction of sp³-hybridized carbons (Fsp3) is 0.0769. The summed E-state index contributed by atoms with van der Waals surface area (Å²) < 4.78 is 19.7. The van der Waals surface area contributed by atoms with E-state index in [1.54, 1.807) is 13.2 Å². The molecule has 0 aromatic heterocycles. The Balaban J connectivity index is 2.49. The van der Waals surface area contributed by atoms with E-state index in [-0.39, 0.29) is 5.82 Å². The normalized spacial score (nSPS) is 10.2. The maximum Gasteiger partial charge on any atom is 0.132 e. The third-order valence-electron chi connectivity index (χ3n) is 2.31. The molecular weight excluding hydrogens is 318 g/mol. The van der Waals surface area contributed by atoms with Crippen molar-refractivity contribution in [3.8, 4) is 16.9 Å². The van der Waals surface area contributed by atoms with Crippen LogP contribution >= 0.6 is 22.6 Å². The van der Waals surface area contributed by atoms with E-state index in [4.69, 9.17) is 4.74 Å². The highest BCUT2D eigenvalue weighted by molar-refractivity contribution is 14.1. The Bertz CT molecular complexity index is 511. The summed E-state index contributed by atoms with van der Waals surface area (Å²) in [6.07, 6.45) is 0. The van der Waals surface area contributed by atoms with Gasteiger partial charge in [-0.25, -0.2) is 4.39 Å². The zero-order valence-electron chi connectivity index (χ0n) is 8.71. The van der Waals surface area contributed by atoms with Gasteiger partial charge in [0.05, 0.1) is 7.11 Å². The smallest absolute Gasteiger partial charge is 0.132 e. The lowest BCUT2D eigenvalue weighted by Gasteiger charge is -2.06. The molecule has 0 aliphatic carbocycles. The number of ether oxygens (including phenoxy) is 1. The quantitative estimate of drug-likeness (QED) is 0.754. The molecule has 0 aliphatic heterocycles. The molecule has 0 saturated heterocycles. The second kappa shape index (κ2) is 4.82. The summed E-state index contributed by atoms with van der Waals surface area (Å²) in [4.78, 5) is 0. The highest BCUT2D eigenvalue weighted by Crippen LogP contribution is 2.27. The minimum Gasteiger partial charge on any atom is -0.497 e. The molecule has 1 nitrogen and oxygen atoms in total. The van der Waals surface area contributed by atoms with Gasteiger partial charge < -0.3 is 4.74 Å². The van der Waals surface area contributed by atoms with Crippen molar-refractivity contribution in [1.82, 2.24) is 0 Å². The van der Waals surface area contributed by atoms with Crippen LogP contribution in [0.2, 0.25) is 0 Å². The van der Waals surface area contributed by atoms with E-state index in [2.05, 4.69) is 22.6 Å². The van der Waals surface area contributed by atoms with Crippen LogP contribution in [-0.4, -0.2) is 7.11 Å². The largest absolute Gasteiger partial charge is 0.497 e. The maximum atomic E-state index is 13.7. The molecule has 2 aromatic carbocycles. The van der Waals surface area contributed by atoms with Gasteiger partial charge in [0, 0.05) is 9.13 Å². The SMILES string of the molecule is COc1cccc(-c2ccc(I)cc2F)c1. The van der Waals surface area contributed by atoms with Crippen molar-refractivity contribution in [2.24, 2.45) is 0 Å². The molecule has 0 heterocycles. The van der Waals surface area contributed by atoms with E-state index in [1.165, 1.54) is 6.07 Å². The second-order valence-electron chi connectivity index (χ2n) is 3.36. The third-order valence-corrected chi connectivity index (χ3v) is 2.98. The van der Waals surface area contributed by atoms with Crippen molar-refractivity contribution in [2.75, 3.05) is 7.11 Å². The fourth-order valence-electron chi connectivity index (χ4n) is 1.51. The van der Waals surface area contributed by atoms with E-state index >= 15 is 0 Å². The number of hydrogen-bond acceptors (Lipinski definition) is 1. The monoisotopic (exact) mass is 328 g/mol. The number of hydrogen-bond donors (Lipinski definition) is 0. The predicted octanol–water partition coefficient (Wildman–Crippen LogP) is 4.11. The molecule has 16 heavy (non-hydrogen) atoms. The van der Waals surface area contributed by atoms with Crippen LogP contribution in [0.4, 0.5) is 4.39 Å². The molecule has 2 aromatic rings. The lowest BCUT2D eigenvalue weighted by Crippen LogP contribution is -1.87. The number of benzene rings is 2. The fourth-order valence-corrected chi connectivity index (χ4v) is 1.97. The molecule has 3 heteroatoms. The number of halogens is 2. The predicted molar refractivity (Wildman–Crippen MR) is 71.1 cm³/mol. The van der Waals surface area contributed by atoms with Crippen LogP contribution in [0.3, 0.4) is 0 Å². The van der Waals surface area contributed by atoms with Crippen molar-refractivity contribution < 1.29 is 9.13 Å². The van der Waals surface area contributed by atoms with Gasteiger partial charge in [0.15, 0.2) is 0 Å². The molecule has 0 unspecified atom stereocenters. The Morgan fingerprint density at radius 3 is 2.62 bits per heavy atom. The molecular formula is C13H10FIO. The molecule has 0 bridgehead atoms. The van der Waals surface area contributed by atoms with E-state index < -0.39 is 0 Å². The van der Waals surface area contributed by atoms with Gasteiger partial charge in [-0.15, -0.1) is 0 Å². The van der Waals surface area contributed by atoms with Crippen molar-refractivity contribution in [1.29, 1.82) is 0 Å². The lowest BCUT2D eigenvalue weighted by molar-refractivity contribution is 0.415. The molecule has 0 amide bonds. The third kappa shape index (κ3) is 2.35. The number of rotatable bonds is 2. The van der Waals surface area contributed by atoms with Crippen LogP contribution in [0.25, 0.3) is 11.1 Å². The van der Waals surface area contributed by atoms with Gasteiger partial charge in [0.2, 0.25) is 0 Å². The van der Waals surface area contributed by atoms with E-state index in [9.17, 15) is 4.39 Å². The highest BCUT2D eigenvalue weighted by Gasteiger charge is 2.06. The van der Waals surface area contributed by atoms with Crippen molar-refractivity contribution >= 4 is 22.6 Å². The van der Waals surface area contributed by atoms with Crippen LogP contribution in [0, 0.1) is 9.39 Å². The Morgan fingerprint density at radius 2 is 1.94 bits per heavy atom. The molecule has 0 N–H and O–H groups in total. The average Bonchev–Trinajstić information content (AvgIpc) is 2.29. The van der Waals surface area contributed by atoms with Crippen LogP contribution in [0.1, 0.15) is 0 Å². The standard InChI is InChI=1S/C13H10FIO/c1-16-11-4-2-3-9(7-11)12-6-5-10(15)8-13(12)14/h2-8H,1H3. The van der Waals surface area contributed by atoms with Gasteiger partial charge in [0.25, 0.3) is 0 Å². The molecule has 0 saturated carbocycles. The molecule has 0 aliphatic rings.